The number of carbonyl (C=O) groups excluding carboxylic acids is 2. The van der Waals surface area contributed by atoms with E-state index in [1.54, 1.807) is 48.3 Å². The number of carbonyl (C=O) groups is 2. The molecule has 4 aromatic rings. The van der Waals surface area contributed by atoms with Gasteiger partial charge in [0.05, 0.1) is 35.6 Å². The summed E-state index contributed by atoms with van der Waals surface area (Å²) in [7, 11) is 3.15. The summed E-state index contributed by atoms with van der Waals surface area (Å²) < 4.78 is 11.4. The molecule has 2 unspecified atom stereocenters. The zero-order chi connectivity index (χ0) is 33.2. The largest absolute Gasteiger partial charge is 0.496 e. The van der Waals surface area contributed by atoms with Crippen molar-refractivity contribution in [2.45, 2.75) is 17.2 Å². The van der Waals surface area contributed by atoms with E-state index in [1.807, 2.05) is 36.4 Å². The number of nitrogens with zero attached hydrogens (tertiary/aromatic N) is 4. The van der Waals surface area contributed by atoms with Crippen LogP contribution in [0.15, 0.2) is 84.9 Å². The summed E-state index contributed by atoms with van der Waals surface area (Å²) in [5.41, 5.74) is 4.53. The number of rotatable bonds is 10. The highest BCUT2D eigenvalue weighted by atomic mass is 32.2. The van der Waals surface area contributed by atoms with Crippen LogP contribution in [-0.2, 0) is 16.0 Å². The van der Waals surface area contributed by atoms with E-state index in [4.69, 9.17) is 9.47 Å². The van der Waals surface area contributed by atoms with Crippen LogP contribution in [0.3, 0.4) is 0 Å². The van der Waals surface area contributed by atoms with E-state index in [0.717, 1.165) is 22.3 Å². The molecule has 0 bridgehead atoms. The van der Waals surface area contributed by atoms with Crippen molar-refractivity contribution in [3.63, 3.8) is 0 Å². The lowest BCUT2D eigenvalue weighted by atomic mass is 9.99. The third-order valence-corrected chi connectivity index (χ3v) is 10.3. The Kier molecular flexibility index (Phi) is 9.05. The summed E-state index contributed by atoms with van der Waals surface area (Å²) in [6.07, 6.45) is 0.527. The minimum absolute atomic E-state index is 0.0562. The number of ether oxygens (including phenoxy) is 2. The van der Waals surface area contributed by atoms with Crippen molar-refractivity contribution in [2.24, 2.45) is 0 Å². The molecular formula is C33H28N4O8S2. The summed E-state index contributed by atoms with van der Waals surface area (Å²) in [5, 5.41) is 21.5. The molecule has 2 atom stereocenters. The molecule has 2 saturated heterocycles. The van der Waals surface area contributed by atoms with E-state index in [0.29, 0.717) is 29.3 Å². The second-order valence-corrected chi connectivity index (χ2v) is 12.9. The van der Waals surface area contributed by atoms with Gasteiger partial charge in [-0.3, -0.25) is 39.6 Å². The van der Waals surface area contributed by atoms with Gasteiger partial charge < -0.3 is 9.47 Å². The molecule has 2 fully saturated rings. The smallest absolute Gasteiger partial charge is 0.269 e. The zero-order valence-electron chi connectivity index (χ0n) is 25.2. The first-order valence-corrected chi connectivity index (χ1v) is 16.5. The number of hydrogen-bond acceptors (Lipinski definition) is 10. The molecule has 2 amide bonds. The second-order valence-electron chi connectivity index (χ2n) is 10.7. The number of nitro groups is 2. The van der Waals surface area contributed by atoms with Crippen molar-refractivity contribution < 1.29 is 28.9 Å². The van der Waals surface area contributed by atoms with Crippen LogP contribution in [0.4, 0.5) is 22.7 Å². The van der Waals surface area contributed by atoms with Gasteiger partial charge in [0.2, 0.25) is 11.8 Å². The minimum Gasteiger partial charge on any atom is -0.496 e. The molecule has 14 heteroatoms. The molecule has 47 heavy (non-hydrogen) atoms. The number of thioether (sulfide) groups is 2. The summed E-state index contributed by atoms with van der Waals surface area (Å²) in [6.45, 7) is 0. The predicted molar refractivity (Wildman–Crippen MR) is 180 cm³/mol. The fraction of sp³-hybridized carbons (Fsp3) is 0.212. The first-order valence-electron chi connectivity index (χ1n) is 14.4. The van der Waals surface area contributed by atoms with Crippen LogP contribution in [-0.4, -0.2) is 47.4 Å². The molecule has 4 aromatic carbocycles. The first kappa shape index (κ1) is 31.9. The number of benzene rings is 4. The summed E-state index contributed by atoms with van der Waals surface area (Å²) in [6, 6.07) is 23.5. The fourth-order valence-electron chi connectivity index (χ4n) is 5.75. The highest BCUT2D eigenvalue weighted by Crippen LogP contribution is 2.47. The molecule has 2 aliphatic rings. The Morgan fingerprint density at radius 2 is 1.04 bits per heavy atom. The fourth-order valence-corrected chi connectivity index (χ4v) is 8.13. The quantitative estimate of drug-likeness (QED) is 0.132. The van der Waals surface area contributed by atoms with Crippen LogP contribution in [0.25, 0.3) is 0 Å². The lowest BCUT2D eigenvalue weighted by Gasteiger charge is -2.26. The SMILES string of the molecule is COc1ccc(Cc2ccc(OC)c(C3SCC(=O)N3c3ccc([N+](=O)[O-])cc3)c2)cc1C1SCC(=O)N1c1ccc([N+](=O)[O-])cc1. The lowest BCUT2D eigenvalue weighted by molar-refractivity contribution is -0.385. The van der Waals surface area contributed by atoms with Crippen molar-refractivity contribution in [1.29, 1.82) is 0 Å². The maximum Gasteiger partial charge on any atom is 0.269 e. The normalized spacial score (nSPS) is 17.7. The lowest BCUT2D eigenvalue weighted by Crippen LogP contribution is -2.28. The molecular weight excluding hydrogens is 645 g/mol. The standard InChI is InChI=1S/C33H28N4O8S2/c1-44-28-13-3-20(16-26(28)32-34(30(38)18-46-32)22-5-9-24(10-6-22)36(40)41)15-21-4-14-29(45-2)27(17-21)33-35(31(39)19-47-33)23-7-11-25(12-8-23)37(42)43/h3-14,16-17,32-33H,15,18-19H2,1-2H3. The molecule has 0 saturated carbocycles. The molecule has 0 aromatic heterocycles. The van der Waals surface area contributed by atoms with E-state index < -0.39 is 20.6 Å². The van der Waals surface area contributed by atoms with Crippen LogP contribution in [0, 0.1) is 20.2 Å². The number of amides is 2. The Hall–Kier alpha value is -5.08. The molecule has 2 aliphatic heterocycles. The molecule has 0 aliphatic carbocycles. The zero-order valence-corrected chi connectivity index (χ0v) is 26.9. The number of nitro benzene ring substituents is 2. The number of hydrogen-bond donors (Lipinski definition) is 0. The van der Waals surface area contributed by atoms with Gasteiger partial charge in [-0.05, 0) is 66.1 Å². The predicted octanol–water partition coefficient (Wildman–Crippen LogP) is 6.67. The Morgan fingerprint density at radius 3 is 1.38 bits per heavy atom. The van der Waals surface area contributed by atoms with Crippen molar-refractivity contribution >= 4 is 58.1 Å². The van der Waals surface area contributed by atoms with Gasteiger partial charge in [-0.25, -0.2) is 0 Å². The van der Waals surface area contributed by atoms with Crippen LogP contribution in [0.1, 0.15) is 33.0 Å². The monoisotopic (exact) mass is 672 g/mol. The van der Waals surface area contributed by atoms with E-state index in [1.165, 1.54) is 47.8 Å². The van der Waals surface area contributed by atoms with Crippen LogP contribution in [0.2, 0.25) is 0 Å². The van der Waals surface area contributed by atoms with Gasteiger partial charge >= 0.3 is 0 Å². The summed E-state index contributed by atoms with van der Waals surface area (Å²) >= 11 is 2.91. The molecule has 6 rings (SSSR count). The number of methoxy groups -OCH3 is 2. The molecule has 240 valence electrons. The Balaban J connectivity index is 1.30. The van der Waals surface area contributed by atoms with Gasteiger partial charge in [0.25, 0.3) is 11.4 Å². The van der Waals surface area contributed by atoms with Gasteiger partial charge in [0, 0.05) is 46.8 Å². The van der Waals surface area contributed by atoms with E-state index in [-0.39, 0.29) is 34.7 Å². The van der Waals surface area contributed by atoms with E-state index in [9.17, 15) is 29.8 Å². The van der Waals surface area contributed by atoms with Gasteiger partial charge in [-0.15, -0.1) is 23.5 Å². The number of anilines is 2. The van der Waals surface area contributed by atoms with Gasteiger partial charge in [0.1, 0.15) is 22.2 Å². The van der Waals surface area contributed by atoms with Crippen molar-refractivity contribution in [2.75, 3.05) is 35.5 Å². The maximum atomic E-state index is 13.0. The maximum absolute atomic E-state index is 13.0. The van der Waals surface area contributed by atoms with Gasteiger partial charge in [-0.1, -0.05) is 12.1 Å². The Bertz CT molecular complexity index is 1730. The summed E-state index contributed by atoms with van der Waals surface area (Å²) in [4.78, 5) is 50.7. The van der Waals surface area contributed by atoms with Crippen LogP contribution in [0.5, 0.6) is 11.5 Å². The van der Waals surface area contributed by atoms with E-state index >= 15 is 0 Å². The van der Waals surface area contributed by atoms with E-state index in [2.05, 4.69) is 0 Å². The Morgan fingerprint density at radius 1 is 0.660 bits per heavy atom. The van der Waals surface area contributed by atoms with Crippen LogP contribution < -0.4 is 19.3 Å². The third-order valence-electron chi connectivity index (χ3n) is 7.94. The van der Waals surface area contributed by atoms with Crippen molar-refractivity contribution in [3.8, 4) is 11.5 Å². The molecule has 0 N–H and O–H groups in total. The summed E-state index contributed by atoms with van der Waals surface area (Å²) in [5.74, 6) is 1.51. The van der Waals surface area contributed by atoms with Crippen molar-refractivity contribution in [3.05, 3.63) is 127 Å². The highest BCUT2D eigenvalue weighted by molar-refractivity contribution is 8.01. The Labute approximate surface area is 277 Å². The molecule has 2 heterocycles. The molecule has 0 radical (unpaired) electrons. The highest BCUT2D eigenvalue weighted by Gasteiger charge is 2.37. The molecule has 0 spiro atoms. The number of non-ortho nitro benzene ring substituents is 2. The average Bonchev–Trinajstić information content (AvgIpc) is 3.66. The third kappa shape index (κ3) is 6.33. The van der Waals surface area contributed by atoms with Crippen molar-refractivity contribution in [1.82, 2.24) is 0 Å². The van der Waals surface area contributed by atoms with Gasteiger partial charge in [-0.2, -0.15) is 0 Å². The minimum atomic E-state index is -0.477. The topological polar surface area (TPSA) is 145 Å². The molecule has 12 nitrogen and oxygen atoms in total. The second kappa shape index (κ2) is 13.3. The average molecular weight is 673 g/mol. The van der Waals surface area contributed by atoms with Gasteiger partial charge in [0.15, 0.2) is 0 Å². The van der Waals surface area contributed by atoms with Crippen LogP contribution >= 0.6 is 23.5 Å². The first-order chi connectivity index (χ1) is 22.7.